The molecule has 20 heavy (non-hydrogen) atoms. The molecule has 112 valence electrons. The van der Waals surface area contributed by atoms with Gasteiger partial charge in [-0.1, -0.05) is 20.3 Å². The standard InChI is InChI=1S/C16H27N3O/c1-6-8-16(4,5)19-15(20)13-10-12(3)18-14(11-13)17-9-7-2/h10-11H,6-9H2,1-5H3,(H,17,18)(H,19,20). The monoisotopic (exact) mass is 277 g/mol. The lowest BCUT2D eigenvalue weighted by atomic mass is 9.98. The van der Waals surface area contributed by atoms with Crippen LogP contribution in [0.25, 0.3) is 0 Å². The van der Waals surface area contributed by atoms with Crippen molar-refractivity contribution >= 4 is 11.7 Å². The highest BCUT2D eigenvalue weighted by Crippen LogP contribution is 2.15. The number of rotatable bonds is 7. The third-order valence-electron chi connectivity index (χ3n) is 3.10. The van der Waals surface area contributed by atoms with Crippen molar-refractivity contribution in [3.05, 3.63) is 23.4 Å². The molecule has 1 aromatic heterocycles. The van der Waals surface area contributed by atoms with Gasteiger partial charge in [-0.25, -0.2) is 4.98 Å². The first-order valence-corrected chi connectivity index (χ1v) is 7.43. The molecule has 1 amide bonds. The summed E-state index contributed by atoms with van der Waals surface area (Å²) in [6, 6.07) is 3.65. The number of amides is 1. The van der Waals surface area contributed by atoms with Crippen LogP contribution in [-0.2, 0) is 0 Å². The highest BCUT2D eigenvalue weighted by atomic mass is 16.1. The van der Waals surface area contributed by atoms with E-state index in [1.165, 1.54) is 0 Å². The van der Waals surface area contributed by atoms with E-state index < -0.39 is 0 Å². The average Bonchev–Trinajstić information content (AvgIpc) is 2.35. The van der Waals surface area contributed by atoms with Gasteiger partial charge in [0.1, 0.15) is 5.82 Å². The summed E-state index contributed by atoms with van der Waals surface area (Å²) in [6.45, 7) is 11.1. The number of carbonyl (C=O) groups is 1. The fraction of sp³-hybridized carbons (Fsp3) is 0.625. The molecule has 0 radical (unpaired) electrons. The molecule has 4 nitrogen and oxygen atoms in total. The third-order valence-corrected chi connectivity index (χ3v) is 3.10. The Labute approximate surface area is 122 Å². The van der Waals surface area contributed by atoms with Crippen molar-refractivity contribution in [1.29, 1.82) is 0 Å². The molecular weight excluding hydrogens is 250 g/mol. The van der Waals surface area contributed by atoms with E-state index in [1.807, 2.05) is 19.1 Å². The lowest BCUT2D eigenvalue weighted by molar-refractivity contribution is 0.0909. The highest BCUT2D eigenvalue weighted by molar-refractivity contribution is 5.95. The van der Waals surface area contributed by atoms with Crippen LogP contribution in [0.2, 0.25) is 0 Å². The number of hydrogen-bond donors (Lipinski definition) is 2. The van der Waals surface area contributed by atoms with Crippen molar-refractivity contribution in [2.24, 2.45) is 0 Å². The Morgan fingerprint density at radius 3 is 2.55 bits per heavy atom. The van der Waals surface area contributed by atoms with E-state index in [-0.39, 0.29) is 11.4 Å². The second-order valence-electron chi connectivity index (χ2n) is 5.90. The first-order chi connectivity index (χ1) is 9.38. The van der Waals surface area contributed by atoms with Crippen molar-refractivity contribution in [3.8, 4) is 0 Å². The molecule has 0 aliphatic carbocycles. The summed E-state index contributed by atoms with van der Waals surface area (Å²) in [7, 11) is 0. The molecule has 0 bridgehead atoms. The van der Waals surface area contributed by atoms with Gasteiger partial charge in [0, 0.05) is 23.3 Å². The maximum absolute atomic E-state index is 12.3. The summed E-state index contributed by atoms with van der Waals surface area (Å²) in [5.41, 5.74) is 1.34. The van der Waals surface area contributed by atoms with Crippen molar-refractivity contribution in [2.75, 3.05) is 11.9 Å². The van der Waals surface area contributed by atoms with Crippen LogP contribution < -0.4 is 10.6 Å². The minimum atomic E-state index is -0.181. The summed E-state index contributed by atoms with van der Waals surface area (Å²) in [4.78, 5) is 16.7. The van der Waals surface area contributed by atoms with Crippen molar-refractivity contribution in [3.63, 3.8) is 0 Å². The molecule has 1 rings (SSSR count). The topological polar surface area (TPSA) is 54.0 Å². The second kappa shape index (κ2) is 7.27. The summed E-state index contributed by atoms with van der Waals surface area (Å²) in [5, 5.41) is 6.32. The molecule has 1 heterocycles. The van der Waals surface area contributed by atoms with Gasteiger partial charge in [0.2, 0.25) is 0 Å². The van der Waals surface area contributed by atoms with E-state index in [2.05, 4.69) is 43.3 Å². The lowest BCUT2D eigenvalue weighted by Gasteiger charge is -2.26. The quantitative estimate of drug-likeness (QED) is 0.801. The van der Waals surface area contributed by atoms with Gasteiger partial charge in [-0.2, -0.15) is 0 Å². The lowest BCUT2D eigenvalue weighted by Crippen LogP contribution is -2.43. The number of pyridine rings is 1. The number of aryl methyl sites for hydroxylation is 1. The van der Waals surface area contributed by atoms with Crippen molar-refractivity contribution in [1.82, 2.24) is 10.3 Å². The summed E-state index contributed by atoms with van der Waals surface area (Å²) in [6.07, 6.45) is 3.04. The summed E-state index contributed by atoms with van der Waals surface area (Å²) in [5.74, 6) is 0.735. The van der Waals surface area contributed by atoms with Crippen LogP contribution in [0.5, 0.6) is 0 Å². The van der Waals surface area contributed by atoms with Gasteiger partial charge >= 0.3 is 0 Å². The number of aromatic nitrogens is 1. The molecule has 2 N–H and O–H groups in total. The zero-order chi connectivity index (χ0) is 15.2. The second-order valence-corrected chi connectivity index (χ2v) is 5.90. The SMILES string of the molecule is CCCNc1cc(C(=O)NC(C)(C)CCC)cc(C)n1. The maximum atomic E-state index is 12.3. The third kappa shape index (κ3) is 5.19. The minimum Gasteiger partial charge on any atom is -0.370 e. The van der Waals surface area contributed by atoms with Gasteiger partial charge in [0.25, 0.3) is 5.91 Å². The molecule has 0 unspecified atom stereocenters. The van der Waals surface area contributed by atoms with Crippen LogP contribution in [0, 0.1) is 6.92 Å². The molecule has 0 saturated heterocycles. The number of anilines is 1. The predicted molar refractivity (Wildman–Crippen MR) is 84.2 cm³/mol. The highest BCUT2D eigenvalue weighted by Gasteiger charge is 2.20. The minimum absolute atomic E-state index is 0.0338. The van der Waals surface area contributed by atoms with Gasteiger partial charge in [-0.3, -0.25) is 4.79 Å². The van der Waals surface area contributed by atoms with Crippen LogP contribution in [0.1, 0.15) is 63.0 Å². The smallest absolute Gasteiger partial charge is 0.251 e. The van der Waals surface area contributed by atoms with E-state index in [9.17, 15) is 4.79 Å². The van der Waals surface area contributed by atoms with Gasteiger partial charge < -0.3 is 10.6 Å². The normalized spacial score (nSPS) is 11.2. The van der Waals surface area contributed by atoms with E-state index in [0.29, 0.717) is 5.56 Å². The largest absolute Gasteiger partial charge is 0.370 e. The van der Waals surface area contributed by atoms with E-state index >= 15 is 0 Å². The van der Waals surface area contributed by atoms with Gasteiger partial charge in [0.15, 0.2) is 0 Å². The van der Waals surface area contributed by atoms with Crippen molar-refractivity contribution in [2.45, 2.75) is 59.4 Å². The predicted octanol–water partition coefficient (Wildman–Crippen LogP) is 3.52. The molecule has 0 spiro atoms. The Morgan fingerprint density at radius 2 is 1.95 bits per heavy atom. The zero-order valence-corrected chi connectivity index (χ0v) is 13.3. The number of carbonyl (C=O) groups excluding carboxylic acids is 1. The molecule has 0 aliphatic rings. The van der Waals surface area contributed by atoms with Crippen LogP contribution in [0.15, 0.2) is 12.1 Å². The Kier molecular flexibility index (Phi) is 5.99. The Hall–Kier alpha value is -1.58. The summed E-state index contributed by atoms with van der Waals surface area (Å²) >= 11 is 0. The fourth-order valence-electron chi connectivity index (χ4n) is 2.21. The zero-order valence-electron chi connectivity index (χ0n) is 13.3. The molecular formula is C16H27N3O. The Balaban J connectivity index is 2.84. The molecule has 0 aliphatic heterocycles. The molecule has 0 aromatic carbocycles. The van der Waals surface area contributed by atoms with Gasteiger partial charge in [0.05, 0.1) is 0 Å². The maximum Gasteiger partial charge on any atom is 0.251 e. The van der Waals surface area contributed by atoms with E-state index in [4.69, 9.17) is 0 Å². The van der Waals surface area contributed by atoms with Crippen molar-refractivity contribution < 1.29 is 4.79 Å². The molecule has 0 fully saturated rings. The average molecular weight is 277 g/mol. The van der Waals surface area contributed by atoms with E-state index in [1.54, 1.807) is 0 Å². The number of nitrogens with zero attached hydrogens (tertiary/aromatic N) is 1. The first kappa shape index (κ1) is 16.5. The summed E-state index contributed by atoms with van der Waals surface area (Å²) < 4.78 is 0. The Morgan fingerprint density at radius 1 is 1.25 bits per heavy atom. The number of hydrogen-bond acceptors (Lipinski definition) is 3. The fourth-order valence-corrected chi connectivity index (χ4v) is 2.21. The molecule has 4 heteroatoms. The van der Waals surface area contributed by atoms with Crippen LogP contribution in [0.3, 0.4) is 0 Å². The Bertz CT molecular complexity index is 455. The molecule has 0 saturated carbocycles. The first-order valence-electron chi connectivity index (χ1n) is 7.43. The number of nitrogens with one attached hydrogen (secondary N) is 2. The van der Waals surface area contributed by atoms with Crippen LogP contribution in [0.4, 0.5) is 5.82 Å². The van der Waals surface area contributed by atoms with Gasteiger partial charge in [-0.05, 0) is 45.7 Å². The molecule has 1 aromatic rings. The van der Waals surface area contributed by atoms with Gasteiger partial charge in [-0.15, -0.1) is 0 Å². The van der Waals surface area contributed by atoms with Crippen LogP contribution in [-0.4, -0.2) is 23.0 Å². The molecule has 0 atom stereocenters. The van der Waals surface area contributed by atoms with E-state index in [0.717, 1.165) is 37.3 Å². The van der Waals surface area contributed by atoms with Crippen LogP contribution >= 0.6 is 0 Å².